The first-order valence-corrected chi connectivity index (χ1v) is 9.02. The van der Waals surface area contributed by atoms with Crippen molar-refractivity contribution in [1.82, 2.24) is 0 Å². The van der Waals surface area contributed by atoms with Crippen LogP contribution in [0.3, 0.4) is 0 Å². The van der Waals surface area contributed by atoms with Gasteiger partial charge in [-0.25, -0.2) is 0 Å². The molecule has 0 aromatic heterocycles. The van der Waals surface area contributed by atoms with Crippen molar-refractivity contribution >= 4 is 13.3 Å². The van der Waals surface area contributed by atoms with E-state index in [-0.39, 0.29) is 5.69 Å². The zero-order chi connectivity index (χ0) is 18.7. The lowest BCUT2D eigenvalue weighted by Crippen LogP contribution is -2.14. The maximum absolute atomic E-state index is 12.9. The quantitative estimate of drug-likeness (QED) is 0.669. The van der Waals surface area contributed by atoms with Gasteiger partial charge in [0, 0.05) is 19.9 Å². The topological polar surface area (TPSA) is 47.6 Å². The predicted molar refractivity (Wildman–Crippen MR) is 90.6 cm³/mol. The minimum Gasteiger partial charge on any atom is -0.368 e. The molecule has 2 aromatic carbocycles. The lowest BCUT2D eigenvalue weighted by molar-refractivity contribution is -0.137. The third kappa shape index (κ3) is 4.63. The van der Waals surface area contributed by atoms with Gasteiger partial charge in [-0.1, -0.05) is 35.9 Å². The van der Waals surface area contributed by atoms with E-state index in [2.05, 4.69) is 5.32 Å². The van der Waals surface area contributed by atoms with Crippen molar-refractivity contribution in [2.75, 3.05) is 19.5 Å². The second kappa shape index (κ2) is 7.60. The van der Waals surface area contributed by atoms with Gasteiger partial charge in [0.2, 0.25) is 0 Å². The van der Waals surface area contributed by atoms with Crippen LogP contribution in [0, 0.1) is 6.92 Å². The van der Waals surface area contributed by atoms with Gasteiger partial charge in [0.05, 0.1) is 5.56 Å². The third-order valence-electron chi connectivity index (χ3n) is 3.71. The molecule has 2 rings (SSSR count). The molecule has 0 saturated heterocycles. The molecule has 0 heterocycles. The Labute approximate surface area is 144 Å². The molecule has 0 bridgehead atoms. The second-order valence-electron chi connectivity index (χ2n) is 5.44. The summed E-state index contributed by atoms with van der Waals surface area (Å²) < 4.78 is 61.7. The molecule has 0 aliphatic rings. The SMILES string of the molecule is COP(=O)(OC)[C@@H](Nc1cccc(C(F)(F)F)c1)c1ccc(C)cc1. The fourth-order valence-electron chi connectivity index (χ4n) is 2.32. The van der Waals surface area contributed by atoms with E-state index >= 15 is 0 Å². The second-order valence-corrected chi connectivity index (χ2v) is 7.77. The van der Waals surface area contributed by atoms with E-state index in [1.54, 1.807) is 12.1 Å². The van der Waals surface area contributed by atoms with Crippen molar-refractivity contribution in [3.05, 3.63) is 65.2 Å². The van der Waals surface area contributed by atoms with Crippen LogP contribution in [0.15, 0.2) is 48.5 Å². The van der Waals surface area contributed by atoms with Crippen LogP contribution in [0.1, 0.15) is 22.5 Å². The van der Waals surface area contributed by atoms with Crippen LogP contribution < -0.4 is 5.32 Å². The zero-order valence-corrected chi connectivity index (χ0v) is 14.9. The average molecular weight is 373 g/mol. The van der Waals surface area contributed by atoms with E-state index in [4.69, 9.17) is 9.05 Å². The van der Waals surface area contributed by atoms with E-state index in [0.29, 0.717) is 5.56 Å². The molecule has 0 unspecified atom stereocenters. The Balaban J connectivity index is 2.44. The van der Waals surface area contributed by atoms with Crippen molar-refractivity contribution in [3.63, 3.8) is 0 Å². The summed E-state index contributed by atoms with van der Waals surface area (Å²) in [5, 5.41) is 2.86. The molecule has 0 aliphatic heterocycles. The van der Waals surface area contributed by atoms with Crippen LogP contribution in [0.2, 0.25) is 0 Å². The first-order chi connectivity index (χ1) is 11.7. The number of alkyl halides is 3. The molecule has 0 fully saturated rings. The van der Waals surface area contributed by atoms with Gasteiger partial charge in [-0.2, -0.15) is 13.2 Å². The summed E-state index contributed by atoms with van der Waals surface area (Å²) in [5.74, 6) is -0.952. The smallest absolute Gasteiger partial charge is 0.368 e. The van der Waals surface area contributed by atoms with Crippen LogP contribution >= 0.6 is 7.60 Å². The molecule has 25 heavy (non-hydrogen) atoms. The first-order valence-electron chi connectivity index (χ1n) is 7.41. The van der Waals surface area contributed by atoms with Gasteiger partial charge in [-0.05, 0) is 30.7 Å². The number of halogens is 3. The molecule has 0 saturated carbocycles. The Morgan fingerprint density at radius 2 is 1.64 bits per heavy atom. The summed E-state index contributed by atoms with van der Waals surface area (Å²) in [4.78, 5) is 0. The molecule has 0 aliphatic carbocycles. The van der Waals surface area contributed by atoms with E-state index in [1.807, 2.05) is 19.1 Å². The van der Waals surface area contributed by atoms with Gasteiger partial charge in [-0.3, -0.25) is 4.57 Å². The van der Waals surface area contributed by atoms with Crippen molar-refractivity contribution < 1.29 is 26.8 Å². The number of benzene rings is 2. The molecular formula is C17H19F3NO3P. The molecule has 1 atom stereocenters. The molecule has 1 N–H and O–H groups in total. The molecule has 0 radical (unpaired) electrons. The van der Waals surface area contributed by atoms with Crippen molar-refractivity contribution in [2.24, 2.45) is 0 Å². The normalized spacial score (nSPS) is 13.5. The van der Waals surface area contributed by atoms with Crippen LogP contribution in [-0.2, 0) is 19.8 Å². The van der Waals surface area contributed by atoms with E-state index in [9.17, 15) is 17.7 Å². The van der Waals surface area contributed by atoms with Gasteiger partial charge >= 0.3 is 13.8 Å². The Bertz CT molecular complexity index is 754. The van der Waals surface area contributed by atoms with Crippen LogP contribution in [0.5, 0.6) is 0 Å². The number of hydrogen-bond donors (Lipinski definition) is 1. The summed E-state index contributed by atoms with van der Waals surface area (Å²) in [6.45, 7) is 1.89. The monoisotopic (exact) mass is 373 g/mol. The molecule has 4 nitrogen and oxygen atoms in total. The fraction of sp³-hybridized carbons (Fsp3) is 0.294. The Morgan fingerprint density at radius 3 is 2.16 bits per heavy atom. The van der Waals surface area contributed by atoms with Crippen LogP contribution in [-0.4, -0.2) is 14.2 Å². The Morgan fingerprint density at radius 1 is 1.04 bits per heavy atom. The summed E-state index contributed by atoms with van der Waals surface area (Å²) in [7, 11) is -1.17. The fourth-order valence-corrected chi connectivity index (χ4v) is 3.74. The average Bonchev–Trinajstić information content (AvgIpc) is 2.59. The number of aryl methyl sites for hydroxylation is 1. The molecule has 2 aromatic rings. The molecule has 0 amide bonds. The Hall–Kier alpha value is -1.82. The lowest BCUT2D eigenvalue weighted by atomic mass is 10.1. The number of hydrogen-bond acceptors (Lipinski definition) is 4. The highest BCUT2D eigenvalue weighted by Crippen LogP contribution is 2.59. The van der Waals surface area contributed by atoms with Gasteiger partial charge in [0.25, 0.3) is 0 Å². The molecule has 136 valence electrons. The predicted octanol–water partition coefficient (Wildman–Crippen LogP) is 5.61. The highest BCUT2D eigenvalue weighted by Gasteiger charge is 2.36. The van der Waals surface area contributed by atoms with Gasteiger partial charge in [-0.15, -0.1) is 0 Å². The molecule has 0 spiro atoms. The van der Waals surface area contributed by atoms with Crippen LogP contribution in [0.25, 0.3) is 0 Å². The van der Waals surface area contributed by atoms with E-state index in [1.165, 1.54) is 26.4 Å². The Kier molecular flexibility index (Phi) is 5.93. The summed E-state index contributed by atoms with van der Waals surface area (Å²) in [6, 6.07) is 11.7. The molecule has 8 heteroatoms. The third-order valence-corrected chi connectivity index (χ3v) is 5.79. The van der Waals surface area contributed by atoms with Crippen molar-refractivity contribution in [3.8, 4) is 0 Å². The number of nitrogens with one attached hydrogen (secondary N) is 1. The standard InChI is InChI=1S/C17H19F3NO3P/c1-12-7-9-13(10-8-12)16(25(22,23-2)24-3)21-15-6-4-5-14(11-15)17(18,19)20/h4-11,16,21H,1-3H3/t16-/m1/s1. The van der Waals surface area contributed by atoms with Gasteiger partial charge < -0.3 is 14.4 Å². The highest BCUT2D eigenvalue weighted by atomic mass is 31.2. The van der Waals surface area contributed by atoms with Crippen molar-refractivity contribution in [2.45, 2.75) is 18.9 Å². The summed E-state index contributed by atoms with van der Waals surface area (Å²) in [5.41, 5.74) is 0.931. The van der Waals surface area contributed by atoms with E-state index in [0.717, 1.165) is 17.7 Å². The summed E-state index contributed by atoms with van der Waals surface area (Å²) >= 11 is 0. The summed E-state index contributed by atoms with van der Waals surface area (Å²) in [6.07, 6.45) is -4.47. The number of anilines is 1. The maximum atomic E-state index is 12.9. The van der Waals surface area contributed by atoms with Gasteiger partial charge in [0.1, 0.15) is 0 Å². The first kappa shape index (κ1) is 19.5. The minimum absolute atomic E-state index is 0.162. The van der Waals surface area contributed by atoms with Gasteiger partial charge in [0.15, 0.2) is 5.78 Å². The maximum Gasteiger partial charge on any atom is 0.416 e. The minimum atomic E-state index is -4.47. The van der Waals surface area contributed by atoms with Crippen LogP contribution in [0.4, 0.5) is 18.9 Å². The van der Waals surface area contributed by atoms with E-state index < -0.39 is 25.1 Å². The van der Waals surface area contributed by atoms with Crippen molar-refractivity contribution in [1.29, 1.82) is 0 Å². The lowest BCUT2D eigenvalue weighted by Gasteiger charge is -2.27. The highest BCUT2D eigenvalue weighted by molar-refractivity contribution is 7.54. The largest absolute Gasteiger partial charge is 0.416 e. The zero-order valence-electron chi connectivity index (χ0n) is 14.0. The molecular weight excluding hydrogens is 354 g/mol. The number of rotatable bonds is 6.